The summed E-state index contributed by atoms with van der Waals surface area (Å²) in [5, 5.41) is 4.28. The van der Waals surface area contributed by atoms with Gasteiger partial charge in [-0.1, -0.05) is 146 Å². The molecular formula is C116H90F11N9O11. The fourth-order valence-corrected chi connectivity index (χ4v) is 13.8. The van der Waals surface area contributed by atoms with Crippen LogP contribution in [0.25, 0.3) is 100 Å². The van der Waals surface area contributed by atoms with Gasteiger partial charge >= 0.3 is 12.4 Å². The van der Waals surface area contributed by atoms with Crippen LogP contribution in [-0.4, -0.2) is 105 Å². The molecule has 0 fully saturated rings. The number of ketones is 8. The topological polar surface area (TPSA) is 280 Å². The molecule has 0 bridgehead atoms. The lowest BCUT2D eigenvalue weighted by molar-refractivity contribution is -0.138. The monoisotopic (exact) mass is 1990 g/mol. The number of Topliss-reactive ketones (excluding diaryl/α,β-unsaturated/α-hetero) is 8. The van der Waals surface area contributed by atoms with Crippen molar-refractivity contribution in [1.29, 1.82) is 0 Å². The average molecular weight is 2000 g/mol. The number of nitrogens with zero attached hydrogens (tertiary/aromatic N) is 9. The highest BCUT2D eigenvalue weighted by Crippen LogP contribution is 2.37. The number of halogens is 11. The molecular weight excluding hydrogens is 1900 g/mol. The first-order valence-corrected chi connectivity index (χ1v) is 44.7. The fraction of sp³-hybridized carbons (Fsp3) is 0.112. The molecule has 0 aliphatic carbocycles. The van der Waals surface area contributed by atoms with Crippen molar-refractivity contribution in [3.8, 4) is 102 Å². The van der Waals surface area contributed by atoms with E-state index in [1.807, 2.05) is 97.1 Å². The molecule has 0 saturated carbocycles. The summed E-state index contributed by atoms with van der Waals surface area (Å²) in [6.45, 7) is 13.4. The number of carbonyl (C=O) groups is 8. The number of methoxy groups -OCH3 is 2. The lowest BCUT2D eigenvalue weighted by atomic mass is 10.0. The van der Waals surface area contributed by atoms with Crippen LogP contribution in [0.1, 0.15) is 156 Å². The molecule has 20 nitrogen and oxygen atoms in total. The van der Waals surface area contributed by atoms with Gasteiger partial charge in [0.15, 0.2) is 46.3 Å². The van der Waals surface area contributed by atoms with E-state index in [1.54, 1.807) is 129 Å². The molecule has 18 rings (SSSR count). The second kappa shape index (κ2) is 51.0. The Labute approximate surface area is 837 Å². The second-order valence-electron chi connectivity index (χ2n) is 32.1. The molecule has 18 aromatic rings. The van der Waals surface area contributed by atoms with Crippen molar-refractivity contribution in [3.63, 3.8) is 0 Å². The number of fused-ring (bicyclic) bond motifs is 2. The Morgan fingerprint density at radius 1 is 0.252 bits per heavy atom. The molecule has 9 aromatic heterocycles. The minimum absolute atomic E-state index is 0.00557. The number of aromatic nitrogens is 9. The Kier molecular flexibility index (Phi) is 37.9. The molecule has 0 aliphatic heterocycles. The van der Waals surface area contributed by atoms with Crippen LogP contribution < -0.4 is 14.2 Å². The third-order valence-corrected chi connectivity index (χ3v) is 21.1. The van der Waals surface area contributed by atoms with Crippen LogP contribution in [0.2, 0.25) is 0 Å². The minimum Gasteiger partial charge on any atom is -0.481 e. The summed E-state index contributed by atoms with van der Waals surface area (Å²) in [4.78, 5) is 128. The normalized spacial score (nSPS) is 10.6. The molecule has 0 N–H and O–H groups in total. The maximum absolute atomic E-state index is 13.8. The predicted molar refractivity (Wildman–Crippen MR) is 539 cm³/mol. The summed E-state index contributed by atoms with van der Waals surface area (Å²) in [6, 6.07) is 92.9. The highest BCUT2D eigenvalue weighted by atomic mass is 19.4. The Balaban J connectivity index is 0.000000160. The van der Waals surface area contributed by atoms with Gasteiger partial charge in [-0.25, -0.2) is 61.8 Å². The highest BCUT2D eigenvalue weighted by molar-refractivity contribution is 6.06. The van der Waals surface area contributed by atoms with E-state index in [9.17, 15) is 86.7 Å². The SMILES string of the molecule is CC(=O)c1cc(C)cc(-c2ccc(F)cc2F)n1.CC(=O)c1cccc(-c2ccc(C(F)(F)F)cc2)n1.CC(=O)c1cccc(-c2ccc(C(F)(F)F)cc2F)n1.CC(=O)c1cccc(-c2ccc(F)cc2)n1.CC(=O)c1cccc(-c2cccc3ccccc23)n1.CC(=O)c1cccc(Oc2ccc(F)cc2)n1.CC(=O)c1nc(-c2ccccc2)cc2ccccc12.COc1ccc(-c2cccc(C(C)=O)n2)c(OC)n1. The molecule has 0 radical (unpaired) electrons. The maximum atomic E-state index is 13.8. The largest absolute Gasteiger partial charge is 0.481 e. The molecule has 9 aromatic carbocycles. The van der Waals surface area contributed by atoms with Gasteiger partial charge in [0, 0.05) is 112 Å². The van der Waals surface area contributed by atoms with E-state index in [4.69, 9.17) is 14.2 Å². The quantitative estimate of drug-likeness (QED) is 0.0537. The standard InChI is InChI=1S/2C17H13NO.C14H9F4NO.C14H10F3NO.C14H11F2NO.C14H14N2O3.C13H10FNO2.C13H10FNO/c1-12(19)16-10-5-11-17(18-16)15-9-4-7-13-6-2-3-8-14(13)15;1-12(19)17-15-10-6-5-9-14(15)11-16(18-17)13-7-3-2-4-8-13;1-8(20)12-3-2-4-13(19-12)10-6-5-9(7-11(10)15)14(16,17)18;1-9(19)12-3-2-4-13(18-12)10-5-7-11(8-6-10)14(15,16)17;1-8-5-13(9(2)18)17-14(6-8)11-4-3-10(15)7-12(11)16;1-9(17)11-5-4-6-12(15-11)10-7-8-13(18-2)16-14(10)19-3;1-9(16)12-3-2-4-13(15-12)17-11-7-5-10(14)6-8-11;1-9(16)12-3-2-4-13(15-12)10-5-7-11(14)8-6-10/h2*2-11H,1H3;2-7H,1H3;2-8H,1H3;3-7H,1-2H3;4-8H,1-3H3;2-8H,1H3;2-8H,1H3. The second-order valence-corrected chi connectivity index (χ2v) is 32.1. The molecule has 9 heterocycles. The lowest BCUT2D eigenvalue weighted by Crippen LogP contribution is -2.06. The van der Waals surface area contributed by atoms with Crippen LogP contribution >= 0.6 is 0 Å². The van der Waals surface area contributed by atoms with Crippen molar-refractivity contribution < 1.29 is 101 Å². The van der Waals surface area contributed by atoms with Gasteiger partial charge in [-0.15, -0.1) is 0 Å². The van der Waals surface area contributed by atoms with Gasteiger partial charge in [0.25, 0.3) is 0 Å². The van der Waals surface area contributed by atoms with Crippen molar-refractivity contribution in [2.45, 2.75) is 74.7 Å². The smallest absolute Gasteiger partial charge is 0.416 e. The molecule has 0 unspecified atom stereocenters. The van der Waals surface area contributed by atoms with Crippen molar-refractivity contribution in [1.82, 2.24) is 44.9 Å². The number of carbonyl (C=O) groups excluding carboxylic acids is 8. The Morgan fingerprint density at radius 3 is 1.12 bits per heavy atom. The number of hydrogen-bond acceptors (Lipinski definition) is 20. The summed E-state index contributed by atoms with van der Waals surface area (Å²) in [5.74, 6) is -2.33. The summed E-state index contributed by atoms with van der Waals surface area (Å²) < 4.78 is 156. The van der Waals surface area contributed by atoms with E-state index in [1.165, 1.54) is 141 Å². The van der Waals surface area contributed by atoms with Gasteiger partial charge < -0.3 is 14.2 Å². The van der Waals surface area contributed by atoms with Gasteiger partial charge in [0.1, 0.15) is 80.4 Å². The van der Waals surface area contributed by atoms with Crippen molar-refractivity contribution >= 4 is 67.8 Å². The molecule has 0 aliphatic rings. The lowest BCUT2D eigenvalue weighted by Gasteiger charge is -2.09. The van der Waals surface area contributed by atoms with Gasteiger partial charge in [0.2, 0.25) is 17.6 Å². The van der Waals surface area contributed by atoms with Crippen molar-refractivity contribution in [2.75, 3.05) is 14.2 Å². The number of benzene rings is 9. The third-order valence-electron chi connectivity index (χ3n) is 21.1. The van der Waals surface area contributed by atoms with Crippen LogP contribution in [0, 0.1) is 36.0 Å². The zero-order chi connectivity index (χ0) is 106. The molecule has 0 saturated heterocycles. The number of alkyl halides is 6. The first-order valence-electron chi connectivity index (χ1n) is 44.7. The van der Waals surface area contributed by atoms with Crippen LogP contribution in [-0.2, 0) is 12.4 Å². The minimum atomic E-state index is -4.60. The maximum Gasteiger partial charge on any atom is 0.416 e. The van der Waals surface area contributed by atoms with Gasteiger partial charge in [-0.3, -0.25) is 38.4 Å². The highest BCUT2D eigenvalue weighted by Gasteiger charge is 2.32. The molecule has 147 heavy (non-hydrogen) atoms. The summed E-state index contributed by atoms with van der Waals surface area (Å²) >= 11 is 0. The molecule has 0 spiro atoms. The van der Waals surface area contributed by atoms with E-state index in [-0.39, 0.29) is 91.8 Å². The number of pyridine rings is 9. The zero-order valence-corrected chi connectivity index (χ0v) is 80.6. The Hall–Kier alpha value is -18.2. The first kappa shape index (κ1) is 109. The van der Waals surface area contributed by atoms with Gasteiger partial charge in [0.05, 0.1) is 70.8 Å². The Morgan fingerprint density at radius 2 is 0.633 bits per heavy atom. The van der Waals surface area contributed by atoms with E-state index < -0.39 is 40.9 Å². The molecule has 0 atom stereocenters. The van der Waals surface area contributed by atoms with Gasteiger partial charge in [-0.2, -0.15) is 31.3 Å². The number of rotatable bonds is 19. The molecule has 31 heteroatoms. The van der Waals surface area contributed by atoms with E-state index in [0.29, 0.717) is 91.8 Å². The summed E-state index contributed by atoms with van der Waals surface area (Å²) in [5.41, 5.74) is 10.1. The Bertz CT molecular complexity index is 7810. The van der Waals surface area contributed by atoms with E-state index in [0.717, 1.165) is 86.2 Å². The average Bonchev–Trinajstić information content (AvgIpc) is 0.791. The number of aryl methyl sites for hydroxylation is 1. The van der Waals surface area contributed by atoms with Crippen molar-refractivity contribution in [3.05, 3.63) is 437 Å². The van der Waals surface area contributed by atoms with Gasteiger partial charge in [-0.05, 0) is 211 Å². The van der Waals surface area contributed by atoms with Crippen LogP contribution in [0.3, 0.4) is 0 Å². The first-order chi connectivity index (χ1) is 70.1. The summed E-state index contributed by atoms with van der Waals surface area (Å²) in [7, 11) is 3.07. The van der Waals surface area contributed by atoms with Crippen LogP contribution in [0.5, 0.6) is 23.4 Å². The van der Waals surface area contributed by atoms with E-state index >= 15 is 0 Å². The number of hydrogen-bond donors (Lipinski definition) is 0. The fourth-order valence-electron chi connectivity index (χ4n) is 13.8. The molecule has 0 amide bonds. The summed E-state index contributed by atoms with van der Waals surface area (Å²) in [6.07, 6.45) is -8.96. The predicted octanol–water partition coefficient (Wildman–Crippen LogP) is 28.5. The van der Waals surface area contributed by atoms with Crippen molar-refractivity contribution in [2.24, 2.45) is 0 Å². The van der Waals surface area contributed by atoms with Crippen LogP contribution in [0.15, 0.2) is 346 Å². The third kappa shape index (κ3) is 31.2. The molecule has 742 valence electrons. The van der Waals surface area contributed by atoms with Crippen LogP contribution in [0.4, 0.5) is 48.3 Å². The number of ether oxygens (including phenoxy) is 3. The zero-order valence-electron chi connectivity index (χ0n) is 80.6. The van der Waals surface area contributed by atoms with E-state index in [2.05, 4.69) is 63.1 Å².